The smallest absolute Gasteiger partial charge is 0.338 e. The number of benzene rings is 3. The summed E-state index contributed by atoms with van der Waals surface area (Å²) in [7, 11) is 0. The Hall–Kier alpha value is -4.66. The van der Waals surface area contributed by atoms with Crippen molar-refractivity contribution in [2.24, 2.45) is 0 Å². The van der Waals surface area contributed by atoms with E-state index in [1.807, 2.05) is 0 Å². The second kappa shape index (κ2) is 8.23. The van der Waals surface area contributed by atoms with Crippen LogP contribution in [-0.4, -0.2) is 35.1 Å². The molecule has 0 spiro atoms. The molecule has 3 aromatic carbocycles. The van der Waals surface area contributed by atoms with Gasteiger partial charge in [0.05, 0.1) is 27.3 Å². The van der Waals surface area contributed by atoms with Gasteiger partial charge in [-0.15, -0.1) is 0 Å². The molecular weight excluding hydrogens is 416 g/mol. The second-order valence-electron chi connectivity index (χ2n) is 6.85. The lowest BCUT2D eigenvalue weighted by Crippen LogP contribution is -2.29. The summed E-state index contributed by atoms with van der Waals surface area (Å²) in [5.74, 6) is -2.60. The molecule has 0 saturated heterocycles. The number of carbonyl (C=O) groups is 4. The minimum Gasteiger partial charge on any atom is -0.454 e. The van der Waals surface area contributed by atoms with Crippen molar-refractivity contribution in [1.82, 2.24) is 0 Å². The van der Waals surface area contributed by atoms with Gasteiger partial charge >= 0.3 is 5.97 Å². The van der Waals surface area contributed by atoms with E-state index in [0.717, 1.165) is 11.0 Å². The summed E-state index contributed by atoms with van der Waals surface area (Å²) >= 11 is 0. The molecule has 0 radical (unpaired) electrons. The Labute approximate surface area is 181 Å². The SMILES string of the molecule is O=C(COC(=O)c1ccc2c(c1)C(=O)N(c1cccc([N+](=O)[O-])c1)C2=O)c1ccccc1. The molecule has 9 nitrogen and oxygen atoms in total. The van der Waals surface area contributed by atoms with E-state index in [1.54, 1.807) is 30.3 Å². The van der Waals surface area contributed by atoms with Crippen molar-refractivity contribution in [3.8, 4) is 0 Å². The molecule has 0 fully saturated rings. The van der Waals surface area contributed by atoms with Gasteiger partial charge in [-0.2, -0.15) is 0 Å². The third kappa shape index (κ3) is 3.74. The fourth-order valence-corrected chi connectivity index (χ4v) is 3.27. The first-order chi connectivity index (χ1) is 15.4. The van der Waals surface area contributed by atoms with Crippen LogP contribution in [0.2, 0.25) is 0 Å². The molecule has 32 heavy (non-hydrogen) atoms. The summed E-state index contributed by atoms with van der Waals surface area (Å²) in [5, 5.41) is 11.0. The van der Waals surface area contributed by atoms with E-state index < -0.39 is 29.3 Å². The Kier molecular flexibility index (Phi) is 5.30. The van der Waals surface area contributed by atoms with E-state index in [2.05, 4.69) is 0 Å². The molecule has 0 unspecified atom stereocenters. The number of ether oxygens (including phenoxy) is 1. The predicted molar refractivity (Wildman–Crippen MR) is 112 cm³/mol. The standard InChI is InChI=1S/C23H14N2O7/c26-20(14-5-2-1-3-6-14)13-32-23(29)15-9-10-18-19(11-15)22(28)24(21(18)27)16-7-4-8-17(12-16)25(30)31/h1-12H,13H2. The normalized spacial score (nSPS) is 12.4. The van der Waals surface area contributed by atoms with Crippen molar-refractivity contribution >= 4 is 34.9 Å². The van der Waals surface area contributed by atoms with Crippen LogP contribution < -0.4 is 4.90 Å². The number of anilines is 1. The van der Waals surface area contributed by atoms with Crippen molar-refractivity contribution in [1.29, 1.82) is 0 Å². The maximum Gasteiger partial charge on any atom is 0.338 e. The first-order valence-corrected chi connectivity index (χ1v) is 9.39. The van der Waals surface area contributed by atoms with Crippen LogP contribution in [0.1, 0.15) is 41.4 Å². The Bertz CT molecular complexity index is 1280. The summed E-state index contributed by atoms with van der Waals surface area (Å²) in [6.45, 7) is -0.480. The molecule has 4 rings (SSSR count). The summed E-state index contributed by atoms with van der Waals surface area (Å²) in [6.07, 6.45) is 0. The van der Waals surface area contributed by atoms with E-state index in [4.69, 9.17) is 4.74 Å². The molecule has 0 N–H and O–H groups in total. The highest BCUT2D eigenvalue weighted by atomic mass is 16.6. The van der Waals surface area contributed by atoms with Gasteiger partial charge in [-0.1, -0.05) is 36.4 Å². The minimum absolute atomic E-state index is 0.00773. The van der Waals surface area contributed by atoms with Crippen LogP contribution in [0.5, 0.6) is 0 Å². The van der Waals surface area contributed by atoms with Crippen molar-refractivity contribution in [3.05, 3.63) is 105 Å². The molecule has 158 valence electrons. The van der Waals surface area contributed by atoms with Gasteiger partial charge in [-0.3, -0.25) is 24.5 Å². The van der Waals surface area contributed by atoms with Gasteiger partial charge in [0.1, 0.15) is 0 Å². The number of carbonyl (C=O) groups excluding carboxylic acids is 4. The van der Waals surface area contributed by atoms with Gasteiger partial charge in [-0.25, -0.2) is 9.69 Å². The maximum absolute atomic E-state index is 12.8. The molecule has 0 bridgehead atoms. The van der Waals surface area contributed by atoms with Crippen LogP contribution in [-0.2, 0) is 4.74 Å². The molecule has 0 saturated carbocycles. The lowest BCUT2D eigenvalue weighted by Gasteiger charge is -2.13. The number of rotatable bonds is 6. The summed E-state index contributed by atoms with van der Waals surface area (Å²) in [4.78, 5) is 61.2. The Morgan fingerprint density at radius 1 is 0.844 bits per heavy atom. The highest BCUT2D eigenvalue weighted by Gasteiger charge is 2.37. The van der Waals surface area contributed by atoms with E-state index in [-0.39, 0.29) is 33.8 Å². The fraction of sp³-hybridized carbons (Fsp3) is 0.0435. The number of nitrogens with zero attached hydrogens (tertiary/aromatic N) is 2. The Balaban J connectivity index is 1.54. The number of ketones is 1. The second-order valence-corrected chi connectivity index (χ2v) is 6.85. The first kappa shape index (κ1) is 20.6. The van der Waals surface area contributed by atoms with Gasteiger partial charge in [0.25, 0.3) is 17.5 Å². The van der Waals surface area contributed by atoms with Crippen LogP contribution in [0.4, 0.5) is 11.4 Å². The number of fused-ring (bicyclic) bond motifs is 1. The van der Waals surface area contributed by atoms with Crippen molar-refractivity contribution in [2.75, 3.05) is 11.5 Å². The van der Waals surface area contributed by atoms with E-state index in [0.29, 0.717) is 5.56 Å². The largest absolute Gasteiger partial charge is 0.454 e. The number of hydrogen-bond acceptors (Lipinski definition) is 7. The number of Topliss-reactive ketones (excluding diaryl/α,β-unsaturated/α-hetero) is 1. The number of nitro groups is 1. The van der Waals surface area contributed by atoms with E-state index >= 15 is 0 Å². The molecule has 2 amide bonds. The van der Waals surface area contributed by atoms with Crippen LogP contribution in [0.15, 0.2) is 72.8 Å². The quantitative estimate of drug-likeness (QED) is 0.193. The average Bonchev–Trinajstić information content (AvgIpc) is 3.07. The lowest BCUT2D eigenvalue weighted by molar-refractivity contribution is -0.384. The maximum atomic E-state index is 12.8. The number of amides is 2. The molecular formula is C23H14N2O7. The van der Waals surface area contributed by atoms with Crippen LogP contribution in [0.3, 0.4) is 0 Å². The number of hydrogen-bond donors (Lipinski definition) is 0. The first-order valence-electron chi connectivity index (χ1n) is 9.39. The Morgan fingerprint density at radius 3 is 2.28 bits per heavy atom. The Morgan fingerprint density at radius 2 is 1.56 bits per heavy atom. The molecule has 1 heterocycles. The van der Waals surface area contributed by atoms with E-state index in [1.165, 1.54) is 36.4 Å². The average molecular weight is 430 g/mol. The molecule has 0 aliphatic carbocycles. The van der Waals surface area contributed by atoms with Crippen LogP contribution in [0.25, 0.3) is 0 Å². The lowest BCUT2D eigenvalue weighted by atomic mass is 10.1. The van der Waals surface area contributed by atoms with E-state index in [9.17, 15) is 29.3 Å². The molecule has 9 heteroatoms. The van der Waals surface area contributed by atoms with Crippen molar-refractivity contribution in [3.63, 3.8) is 0 Å². The third-order valence-electron chi connectivity index (χ3n) is 4.85. The van der Waals surface area contributed by atoms with Crippen LogP contribution >= 0.6 is 0 Å². The number of esters is 1. The molecule has 0 aromatic heterocycles. The van der Waals surface area contributed by atoms with Gasteiger partial charge in [-0.05, 0) is 24.3 Å². The van der Waals surface area contributed by atoms with Gasteiger partial charge < -0.3 is 4.74 Å². The number of imide groups is 1. The molecule has 1 aliphatic heterocycles. The van der Waals surface area contributed by atoms with Gasteiger partial charge in [0.2, 0.25) is 0 Å². The predicted octanol–water partition coefficient (Wildman–Crippen LogP) is 3.44. The summed E-state index contributed by atoms with van der Waals surface area (Å²) < 4.78 is 5.05. The molecule has 3 aromatic rings. The minimum atomic E-state index is -0.828. The number of nitro benzene ring substituents is 1. The van der Waals surface area contributed by atoms with Gasteiger partial charge in [0.15, 0.2) is 12.4 Å². The third-order valence-corrected chi connectivity index (χ3v) is 4.85. The molecule has 0 atom stereocenters. The highest BCUT2D eigenvalue weighted by Crippen LogP contribution is 2.31. The van der Waals surface area contributed by atoms with Crippen LogP contribution in [0, 0.1) is 10.1 Å². The number of non-ortho nitro benzene ring substituents is 1. The fourth-order valence-electron chi connectivity index (χ4n) is 3.27. The topological polar surface area (TPSA) is 124 Å². The van der Waals surface area contributed by atoms with Gasteiger partial charge in [0, 0.05) is 17.7 Å². The van der Waals surface area contributed by atoms with Crippen molar-refractivity contribution < 1.29 is 28.8 Å². The molecule has 1 aliphatic rings. The summed E-state index contributed by atoms with van der Waals surface area (Å²) in [6, 6.07) is 17.3. The zero-order valence-electron chi connectivity index (χ0n) is 16.4. The monoisotopic (exact) mass is 430 g/mol. The zero-order valence-corrected chi connectivity index (χ0v) is 16.4. The van der Waals surface area contributed by atoms with Crippen molar-refractivity contribution in [2.45, 2.75) is 0 Å². The highest BCUT2D eigenvalue weighted by molar-refractivity contribution is 6.34. The zero-order chi connectivity index (χ0) is 22.8. The summed E-state index contributed by atoms with van der Waals surface area (Å²) in [5.41, 5.74) is 0.174.